The fourth-order valence-electron chi connectivity index (χ4n) is 1.92. The van der Waals surface area contributed by atoms with Gasteiger partial charge in [0.05, 0.1) is 16.2 Å². The predicted octanol–water partition coefficient (Wildman–Crippen LogP) is 4.17. The van der Waals surface area contributed by atoms with Gasteiger partial charge < -0.3 is 5.73 Å². The van der Waals surface area contributed by atoms with E-state index in [4.69, 9.17) is 17.3 Å². The van der Waals surface area contributed by atoms with Crippen molar-refractivity contribution in [2.45, 2.75) is 32.1 Å². The smallest absolute Gasteiger partial charge is 0.0709 e. The monoisotopic (exact) mass is 294 g/mol. The molecule has 0 amide bonds. The Hall–Kier alpha value is -0.770. The summed E-state index contributed by atoms with van der Waals surface area (Å²) in [5.41, 5.74) is 8.88. The van der Waals surface area contributed by atoms with Crippen molar-refractivity contribution < 1.29 is 0 Å². The highest BCUT2D eigenvalue weighted by Gasteiger charge is 2.13. The fraction of sp³-hybridized carbons (Fsp3) is 0.400. The normalized spacial score (nSPS) is 12.1. The zero-order valence-electron chi connectivity index (χ0n) is 11.5. The molecule has 19 heavy (non-hydrogen) atoms. The van der Waals surface area contributed by atoms with E-state index >= 15 is 0 Å². The van der Waals surface area contributed by atoms with Gasteiger partial charge in [-0.1, -0.05) is 29.8 Å². The number of fused-ring (bicyclic) bond motifs is 1. The third-order valence-electron chi connectivity index (χ3n) is 2.86. The van der Waals surface area contributed by atoms with Crippen LogP contribution in [0, 0.1) is 6.92 Å². The SMILES string of the molecule is Cc1c(Cl)c(CSCC(C)(C)N)nc2ccccc12. The quantitative estimate of drug-likeness (QED) is 0.920. The van der Waals surface area contributed by atoms with E-state index in [9.17, 15) is 0 Å². The molecule has 1 aromatic carbocycles. The average Bonchev–Trinajstić information content (AvgIpc) is 2.34. The number of halogens is 1. The molecule has 0 aliphatic carbocycles. The third kappa shape index (κ3) is 3.62. The molecule has 0 bridgehead atoms. The highest BCUT2D eigenvalue weighted by Crippen LogP contribution is 2.29. The summed E-state index contributed by atoms with van der Waals surface area (Å²) >= 11 is 8.19. The molecule has 0 radical (unpaired) electrons. The molecule has 2 aromatic rings. The second kappa shape index (κ2) is 5.70. The zero-order chi connectivity index (χ0) is 14.0. The number of para-hydroxylation sites is 1. The Kier molecular flexibility index (Phi) is 4.39. The molecule has 1 heterocycles. The highest BCUT2D eigenvalue weighted by atomic mass is 35.5. The Morgan fingerprint density at radius 3 is 2.68 bits per heavy atom. The maximum atomic E-state index is 6.42. The van der Waals surface area contributed by atoms with E-state index in [1.807, 2.05) is 39.0 Å². The number of aryl methyl sites for hydroxylation is 1. The van der Waals surface area contributed by atoms with Crippen molar-refractivity contribution in [3.8, 4) is 0 Å². The molecule has 0 saturated heterocycles. The van der Waals surface area contributed by atoms with E-state index in [2.05, 4.69) is 11.1 Å². The first-order valence-electron chi connectivity index (χ1n) is 6.29. The van der Waals surface area contributed by atoms with E-state index in [-0.39, 0.29) is 5.54 Å². The lowest BCUT2D eigenvalue weighted by Crippen LogP contribution is -2.34. The Balaban J connectivity index is 2.26. The van der Waals surface area contributed by atoms with Crippen LogP contribution in [0.2, 0.25) is 5.02 Å². The molecule has 0 atom stereocenters. The number of nitrogens with two attached hydrogens (primary N) is 1. The van der Waals surface area contributed by atoms with Crippen molar-refractivity contribution in [3.05, 3.63) is 40.5 Å². The summed E-state index contributed by atoms with van der Waals surface area (Å²) in [5.74, 6) is 1.68. The van der Waals surface area contributed by atoms with E-state index in [0.717, 1.165) is 38.7 Å². The van der Waals surface area contributed by atoms with Crippen LogP contribution in [0.15, 0.2) is 24.3 Å². The lowest BCUT2D eigenvalue weighted by molar-refractivity contribution is 0.591. The number of aromatic nitrogens is 1. The lowest BCUT2D eigenvalue weighted by atomic mass is 10.1. The van der Waals surface area contributed by atoms with Crippen LogP contribution in [0.1, 0.15) is 25.1 Å². The summed E-state index contributed by atoms with van der Waals surface area (Å²) in [5, 5.41) is 1.90. The van der Waals surface area contributed by atoms with E-state index in [1.54, 1.807) is 11.8 Å². The Morgan fingerprint density at radius 2 is 2.00 bits per heavy atom. The summed E-state index contributed by atoms with van der Waals surface area (Å²) in [6.45, 7) is 6.11. The van der Waals surface area contributed by atoms with Crippen LogP contribution >= 0.6 is 23.4 Å². The van der Waals surface area contributed by atoms with Gasteiger partial charge in [-0.05, 0) is 32.4 Å². The van der Waals surface area contributed by atoms with Crippen molar-refractivity contribution in [1.29, 1.82) is 0 Å². The zero-order valence-corrected chi connectivity index (χ0v) is 13.1. The molecule has 2 N–H and O–H groups in total. The van der Waals surface area contributed by atoms with Crippen molar-refractivity contribution in [2.75, 3.05) is 5.75 Å². The standard InChI is InChI=1S/C15H19ClN2S/c1-10-11-6-4-5-7-12(11)18-13(14(10)16)8-19-9-15(2,3)17/h4-7H,8-9,17H2,1-3H3. The number of nitrogens with zero attached hydrogens (tertiary/aromatic N) is 1. The minimum atomic E-state index is -0.164. The number of benzene rings is 1. The van der Waals surface area contributed by atoms with Gasteiger partial charge >= 0.3 is 0 Å². The maximum absolute atomic E-state index is 6.42. The Bertz CT molecular complexity index is 590. The largest absolute Gasteiger partial charge is 0.325 e. The minimum Gasteiger partial charge on any atom is -0.325 e. The van der Waals surface area contributed by atoms with Crippen LogP contribution in [-0.4, -0.2) is 16.3 Å². The molecule has 0 saturated carbocycles. The molecule has 2 rings (SSSR count). The molecule has 4 heteroatoms. The molecule has 0 aliphatic heterocycles. The van der Waals surface area contributed by atoms with Crippen LogP contribution in [0.3, 0.4) is 0 Å². The number of hydrogen-bond acceptors (Lipinski definition) is 3. The van der Waals surface area contributed by atoms with Gasteiger partial charge in [0.15, 0.2) is 0 Å². The Labute approximate surface area is 123 Å². The van der Waals surface area contributed by atoms with Gasteiger partial charge in [-0.15, -0.1) is 0 Å². The van der Waals surface area contributed by atoms with Crippen molar-refractivity contribution >= 4 is 34.3 Å². The summed E-state index contributed by atoms with van der Waals surface area (Å²) in [4.78, 5) is 4.66. The maximum Gasteiger partial charge on any atom is 0.0709 e. The molecular formula is C15H19ClN2S. The van der Waals surface area contributed by atoms with Crippen molar-refractivity contribution in [3.63, 3.8) is 0 Å². The van der Waals surface area contributed by atoms with Gasteiger partial charge in [0, 0.05) is 22.4 Å². The van der Waals surface area contributed by atoms with Crippen LogP contribution < -0.4 is 5.73 Å². The molecular weight excluding hydrogens is 276 g/mol. The van der Waals surface area contributed by atoms with E-state index < -0.39 is 0 Å². The fourth-order valence-corrected chi connectivity index (χ4v) is 3.24. The molecule has 1 aromatic heterocycles. The molecule has 0 unspecified atom stereocenters. The molecule has 0 spiro atoms. The van der Waals surface area contributed by atoms with Crippen LogP contribution in [-0.2, 0) is 5.75 Å². The third-order valence-corrected chi connectivity index (χ3v) is 4.79. The first-order chi connectivity index (χ1) is 8.88. The second-order valence-electron chi connectivity index (χ2n) is 5.50. The van der Waals surface area contributed by atoms with E-state index in [1.165, 1.54) is 0 Å². The summed E-state index contributed by atoms with van der Waals surface area (Å²) in [6.07, 6.45) is 0. The number of thioether (sulfide) groups is 1. The first kappa shape index (κ1) is 14.6. The number of rotatable bonds is 4. The van der Waals surface area contributed by atoms with Crippen LogP contribution in [0.4, 0.5) is 0 Å². The van der Waals surface area contributed by atoms with Gasteiger partial charge in [0.25, 0.3) is 0 Å². The number of pyridine rings is 1. The van der Waals surface area contributed by atoms with Crippen molar-refractivity contribution in [1.82, 2.24) is 4.98 Å². The van der Waals surface area contributed by atoms with Gasteiger partial charge in [-0.3, -0.25) is 4.98 Å². The van der Waals surface area contributed by atoms with Crippen LogP contribution in [0.5, 0.6) is 0 Å². The lowest BCUT2D eigenvalue weighted by Gasteiger charge is -2.18. The summed E-state index contributed by atoms with van der Waals surface area (Å²) < 4.78 is 0. The van der Waals surface area contributed by atoms with Gasteiger partial charge in [0.2, 0.25) is 0 Å². The average molecular weight is 295 g/mol. The van der Waals surface area contributed by atoms with Gasteiger partial charge in [0.1, 0.15) is 0 Å². The highest BCUT2D eigenvalue weighted by molar-refractivity contribution is 7.98. The minimum absolute atomic E-state index is 0.164. The first-order valence-corrected chi connectivity index (χ1v) is 7.82. The van der Waals surface area contributed by atoms with Gasteiger partial charge in [-0.2, -0.15) is 11.8 Å². The summed E-state index contributed by atoms with van der Waals surface area (Å²) in [7, 11) is 0. The molecule has 0 aliphatic rings. The Morgan fingerprint density at radius 1 is 1.32 bits per heavy atom. The number of hydrogen-bond donors (Lipinski definition) is 1. The van der Waals surface area contributed by atoms with Crippen LogP contribution in [0.25, 0.3) is 10.9 Å². The van der Waals surface area contributed by atoms with Gasteiger partial charge in [-0.25, -0.2) is 0 Å². The summed E-state index contributed by atoms with van der Waals surface area (Å²) in [6, 6.07) is 8.10. The molecule has 102 valence electrons. The molecule has 0 fully saturated rings. The predicted molar refractivity (Wildman–Crippen MR) is 85.9 cm³/mol. The van der Waals surface area contributed by atoms with E-state index in [0.29, 0.717) is 0 Å². The molecule has 2 nitrogen and oxygen atoms in total. The van der Waals surface area contributed by atoms with Crippen molar-refractivity contribution in [2.24, 2.45) is 5.73 Å². The topological polar surface area (TPSA) is 38.9 Å². The second-order valence-corrected chi connectivity index (χ2v) is 6.86.